The number of sulfonamides is 1. The van der Waals surface area contributed by atoms with Gasteiger partial charge in [0.15, 0.2) is 0 Å². The van der Waals surface area contributed by atoms with Gasteiger partial charge in [-0.1, -0.05) is 18.2 Å². The number of benzene rings is 2. The molecule has 0 saturated heterocycles. The van der Waals surface area contributed by atoms with Crippen LogP contribution in [0, 0.1) is 6.92 Å². The molecule has 1 amide bonds. The lowest BCUT2D eigenvalue weighted by Gasteiger charge is -2.13. The summed E-state index contributed by atoms with van der Waals surface area (Å²) >= 11 is 1.66. The van der Waals surface area contributed by atoms with E-state index in [1.54, 1.807) is 60.3 Å². The highest BCUT2D eigenvalue weighted by Gasteiger charge is 2.19. The normalized spacial score (nSPS) is 11.2. The minimum absolute atomic E-state index is 0.00322. The third kappa shape index (κ3) is 6.24. The lowest BCUT2D eigenvalue weighted by Crippen LogP contribution is -2.27. The van der Waals surface area contributed by atoms with Gasteiger partial charge in [-0.15, -0.1) is 11.3 Å². The maximum atomic E-state index is 13.1. The minimum Gasteiger partial charge on any atom is -0.380 e. The molecule has 34 heavy (non-hydrogen) atoms. The van der Waals surface area contributed by atoms with Gasteiger partial charge in [0.1, 0.15) is 0 Å². The number of aromatic nitrogens is 2. The van der Waals surface area contributed by atoms with E-state index in [-0.39, 0.29) is 16.4 Å². The van der Waals surface area contributed by atoms with Crippen LogP contribution in [0.1, 0.15) is 20.1 Å². The number of para-hydroxylation sites is 1. The predicted octanol–water partition coefficient (Wildman–Crippen LogP) is 4.10. The molecule has 0 fully saturated rings. The molecule has 3 N–H and O–H groups in total. The first kappa shape index (κ1) is 23.5. The van der Waals surface area contributed by atoms with Crippen molar-refractivity contribution >= 4 is 38.6 Å². The molecule has 4 aromatic rings. The minimum atomic E-state index is -3.91. The van der Waals surface area contributed by atoms with E-state index in [2.05, 4.69) is 20.3 Å². The number of anilines is 2. The van der Waals surface area contributed by atoms with Gasteiger partial charge < -0.3 is 15.2 Å². The van der Waals surface area contributed by atoms with Gasteiger partial charge in [0.25, 0.3) is 15.9 Å². The Labute approximate surface area is 202 Å². The Bertz CT molecular complexity index is 1350. The molecule has 2 aromatic carbocycles. The molecule has 0 aliphatic carbocycles. The summed E-state index contributed by atoms with van der Waals surface area (Å²) in [6.45, 7) is 3.49. The van der Waals surface area contributed by atoms with Crippen molar-refractivity contribution < 1.29 is 13.2 Å². The van der Waals surface area contributed by atoms with Crippen LogP contribution in [0.2, 0.25) is 0 Å². The maximum Gasteiger partial charge on any atom is 0.261 e. The van der Waals surface area contributed by atoms with Crippen molar-refractivity contribution in [2.75, 3.05) is 16.6 Å². The summed E-state index contributed by atoms with van der Waals surface area (Å²) in [6.07, 6.45) is 5.15. The van der Waals surface area contributed by atoms with Crippen molar-refractivity contribution in [1.29, 1.82) is 0 Å². The van der Waals surface area contributed by atoms with Crippen LogP contribution in [-0.2, 0) is 23.1 Å². The van der Waals surface area contributed by atoms with Gasteiger partial charge in [0.2, 0.25) is 0 Å². The Hall–Kier alpha value is -3.63. The third-order valence-corrected chi connectivity index (χ3v) is 7.34. The molecular weight excluding hydrogens is 470 g/mol. The SMILES string of the molecule is Cc1ccc(CNc2cc(C(=O)NCCn3ccnc3)cc(S(=O)(=O)Nc3ccccc3)c2)s1. The van der Waals surface area contributed by atoms with Crippen LogP contribution >= 0.6 is 11.3 Å². The summed E-state index contributed by atoms with van der Waals surface area (Å²) < 4.78 is 30.6. The monoisotopic (exact) mass is 495 g/mol. The molecular formula is C24H25N5O3S2. The Morgan fingerprint density at radius 1 is 1.06 bits per heavy atom. The quantitative estimate of drug-likeness (QED) is 0.307. The van der Waals surface area contributed by atoms with E-state index in [0.29, 0.717) is 31.0 Å². The molecule has 8 nitrogen and oxygen atoms in total. The zero-order valence-corrected chi connectivity index (χ0v) is 20.2. The summed E-state index contributed by atoms with van der Waals surface area (Å²) in [6, 6.07) is 17.3. The fraction of sp³-hybridized carbons (Fsp3) is 0.167. The predicted molar refractivity (Wildman–Crippen MR) is 135 cm³/mol. The molecule has 2 heterocycles. The second-order valence-corrected chi connectivity index (χ2v) is 10.7. The maximum absolute atomic E-state index is 13.1. The van der Waals surface area contributed by atoms with Crippen LogP contribution in [-0.4, -0.2) is 30.4 Å². The number of hydrogen-bond donors (Lipinski definition) is 3. The number of nitrogens with zero attached hydrogens (tertiary/aromatic N) is 2. The average Bonchev–Trinajstić information content (AvgIpc) is 3.49. The van der Waals surface area contributed by atoms with Crippen molar-refractivity contribution in [2.24, 2.45) is 0 Å². The van der Waals surface area contributed by atoms with Crippen LogP contribution in [0.4, 0.5) is 11.4 Å². The van der Waals surface area contributed by atoms with Gasteiger partial charge in [-0.05, 0) is 49.4 Å². The largest absolute Gasteiger partial charge is 0.380 e. The third-order valence-electron chi connectivity index (χ3n) is 4.98. The summed E-state index contributed by atoms with van der Waals surface area (Å²) in [5.74, 6) is -0.355. The van der Waals surface area contributed by atoms with Crippen molar-refractivity contribution in [1.82, 2.24) is 14.9 Å². The van der Waals surface area contributed by atoms with Crippen LogP contribution in [0.25, 0.3) is 0 Å². The van der Waals surface area contributed by atoms with Crippen molar-refractivity contribution in [2.45, 2.75) is 24.9 Å². The number of nitrogens with one attached hydrogen (secondary N) is 3. The first-order valence-electron chi connectivity index (χ1n) is 10.7. The van der Waals surface area contributed by atoms with Gasteiger partial charge in [0, 0.05) is 58.7 Å². The van der Waals surface area contributed by atoms with Gasteiger partial charge in [-0.3, -0.25) is 9.52 Å². The molecule has 10 heteroatoms. The average molecular weight is 496 g/mol. The Morgan fingerprint density at radius 2 is 1.88 bits per heavy atom. The molecule has 0 aliphatic rings. The van der Waals surface area contributed by atoms with E-state index in [4.69, 9.17) is 0 Å². The smallest absolute Gasteiger partial charge is 0.261 e. The highest BCUT2D eigenvalue weighted by Crippen LogP contribution is 2.23. The molecule has 2 aromatic heterocycles. The van der Waals surface area contributed by atoms with E-state index in [9.17, 15) is 13.2 Å². The zero-order chi connectivity index (χ0) is 24.0. The number of amides is 1. The van der Waals surface area contributed by atoms with E-state index in [1.165, 1.54) is 17.0 Å². The van der Waals surface area contributed by atoms with Crippen LogP contribution in [0.5, 0.6) is 0 Å². The summed E-state index contributed by atoms with van der Waals surface area (Å²) in [7, 11) is -3.91. The first-order chi connectivity index (χ1) is 16.4. The number of thiophene rings is 1. The number of hydrogen-bond acceptors (Lipinski definition) is 6. The van der Waals surface area contributed by atoms with Gasteiger partial charge >= 0.3 is 0 Å². The van der Waals surface area contributed by atoms with Gasteiger partial charge in [-0.2, -0.15) is 0 Å². The number of imidazole rings is 1. The van der Waals surface area contributed by atoms with E-state index in [1.807, 2.05) is 29.8 Å². The molecule has 0 saturated carbocycles. The highest BCUT2D eigenvalue weighted by molar-refractivity contribution is 7.92. The Kier molecular flexibility index (Phi) is 7.29. The molecule has 176 valence electrons. The fourth-order valence-corrected chi connectivity index (χ4v) is 5.26. The number of carbonyl (C=O) groups is 1. The van der Waals surface area contributed by atoms with Gasteiger partial charge in [-0.25, -0.2) is 13.4 Å². The topological polar surface area (TPSA) is 105 Å². The first-order valence-corrected chi connectivity index (χ1v) is 13.0. The molecule has 0 unspecified atom stereocenters. The second-order valence-electron chi connectivity index (χ2n) is 7.64. The van der Waals surface area contributed by atoms with Crippen LogP contribution in [0.3, 0.4) is 0 Å². The molecule has 0 radical (unpaired) electrons. The number of carbonyl (C=O) groups excluding carboxylic acids is 1. The highest BCUT2D eigenvalue weighted by atomic mass is 32.2. The Balaban J connectivity index is 1.56. The number of aryl methyl sites for hydroxylation is 1. The molecule has 0 aliphatic heterocycles. The lowest BCUT2D eigenvalue weighted by molar-refractivity contribution is 0.0952. The van der Waals surface area contributed by atoms with Crippen molar-refractivity contribution in [3.05, 3.63) is 94.7 Å². The summed E-state index contributed by atoms with van der Waals surface area (Å²) in [4.78, 5) is 19.1. The van der Waals surface area contributed by atoms with E-state index in [0.717, 1.165) is 4.88 Å². The standard InChI is InChI=1S/C24H25N5O3S2/c1-18-7-8-22(33-18)16-27-21-13-19(24(30)26-10-12-29-11-9-25-17-29)14-23(15-21)34(31,32)28-20-5-3-2-4-6-20/h2-9,11,13-15,17,27-28H,10,12,16H2,1H3,(H,26,30). The molecule has 0 bridgehead atoms. The lowest BCUT2D eigenvalue weighted by atomic mass is 10.2. The summed E-state index contributed by atoms with van der Waals surface area (Å²) in [5.41, 5.74) is 1.24. The van der Waals surface area contributed by atoms with Crippen molar-refractivity contribution in [3.8, 4) is 0 Å². The molecule has 4 rings (SSSR count). The molecule has 0 atom stereocenters. The molecule has 0 spiro atoms. The van der Waals surface area contributed by atoms with Crippen molar-refractivity contribution in [3.63, 3.8) is 0 Å². The summed E-state index contributed by atoms with van der Waals surface area (Å²) in [5, 5.41) is 6.09. The second kappa shape index (κ2) is 10.5. The number of rotatable bonds is 10. The van der Waals surface area contributed by atoms with Crippen LogP contribution < -0.4 is 15.4 Å². The van der Waals surface area contributed by atoms with Crippen LogP contribution in [0.15, 0.2) is 84.3 Å². The fourth-order valence-electron chi connectivity index (χ4n) is 3.30. The Morgan fingerprint density at radius 3 is 2.59 bits per heavy atom. The van der Waals surface area contributed by atoms with E-state index < -0.39 is 10.0 Å². The van der Waals surface area contributed by atoms with Gasteiger partial charge in [0.05, 0.1) is 11.2 Å². The van der Waals surface area contributed by atoms with E-state index >= 15 is 0 Å². The zero-order valence-electron chi connectivity index (χ0n) is 18.6.